The third-order valence-electron chi connectivity index (χ3n) is 4.81. The van der Waals surface area contributed by atoms with Gasteiger partial charge in [-0.05, 0) is 30.7 Å². The summed E-state index contributed by atoms with van der Waals surface area (Å²) in [5.74, 6) is 0.278. The van der Waals surface area contributed by atoms with E-state index in [0.717, 1.165) is 11.4 Å². The van der Waals surface area contributed by atoms with Crippen molar-refractivity contribution < 1.29 is 14.3 Å². The molecule has 0 unspecified atom stereocenters. The Balaban J connectivity index is 1.66. The first-order chi connectivity index (χ1) is 13.6. The SMILES string of the molecule is COC(=O)c1cn(C(=O)c2ccc(Cn3ccnc3C)cc2)c2ccccc12. The molecule has 2 aromatic heterocycles. The molecule has 0 aliphatic carbocycles. The van der Waals surface area contributed by atoms with Crippen molar-refractivity contribution in [2.45, 2.75) is 13.5 Å². The number of methoxy groups -OCH3 is 1. The van der Waals surface area contributed by atoms with Gasteiger partial charge in [-0.15, -0.1) is 0 Å². The van der Waals surface area contributed by atoms with Crippen LogP contribution in [0.4, 0.5) is 0 Å². The Labute approximate surface area is 162 Å². The van der Waals surface area contributed by atoms with Crippen LogP contribution >= 0.6 is 0 Å². The number of rotatable bonds is 4. The lowest BCUT2D eigenvalue weighted by molar-refractivity contribution is 0.0603. The molecule has 4 rings (SSSR count). The van der Waals surface area contributed by atoms with E-state index in [0.29, 0.717) is 28.6 Å². The van der Waals surface area contributed by atoms with Crippen molar-refractivity contribution in [1.82, 2.24) is 14.1 Å². The second kappa shape index (κ2) is 7.15. The average molecular weight is 373 g/mol. The molecule has 28 heavy (non-hydrogen) atoms. The number of nitrogens with zero attached hydrogens (tertiary/aromatic N) is 3. The molecular weight excluding hydrogens is 354 g/mol. The van der Waals surface area contributed by atoms with Gasteiger partial charge in [0.25, 0.3) is 5.91 Å². The Morgan fingerprint density at radius 1 is 1.07 bits per heavy atom. The highest BCUT2D eigenvalue weighted by atomic mass is 16.5. The topological polar surface area (TPSA) is 66.1 Å². The lowest BCUT2D eigenvalue weighted by Gasteiger charge is -2.07. The standard InChI is InChI=1S/C22H19N3O3/c1-15-23-11-12-24(15)13-16-7-9-17(10-8-16)21(26)25-14-19(22(27)28-2)18-5-3-4-6-20(18)25/h3-12,14H,13H2,1-2H3. The smallest absolute Gasteiger partial charge is 0.340 e. The van der Waals surface area contributed by atoms with Gasteiger partial charge in [0.05, 0.1) is 18.2 Å². The summed E-state index contributed by atoms with van der Waals surface area (Å²) >= 11 is 0. The van der Waals surface area contributed by atoms with Crippen LogP contribution in [-0.4, -0.2) is 33.1 Å². The normalized spacial score (nSPS) is 10.9. The molecule has 140 valence electrons. The fourth-order valence-corrected chi connectivity index (χ4v) is 3.28. The van der Waals surface area contributed by atoms with Crippen LogP contribution in [0, 0.1) is 6.92 Å². The Hall–Kier alpha value is -3.67. The Morgan fingerprint density at radius 3 is 2.50 bits per heavy atom. The van der Waals surface area contributed by atoms with Gasteiger partial charge in [-0.25, -0.2) is 9.78 Å². The fourth-order valence-electron chi connectivity index (χ4n) is 3.28. The third-order valence-corrected chi connectivity index (χ3v) is 4.81. The van der Waals surface area contributed by atoms with Crippen LogP contribution in [0.3, 0.4) is 0 Å². The summed E-state index contributed by atoms with van der Waals surface area (Å²) in [6.45, 7) is 2.65. The van der Waals surface area contributed by atoms with E-state index in [1.165, 1.54) is 11.7 Å². The summed E-state index contributed by atoms with van der Waals surface area (Å²) in [5, 5.41) is 0.690. The lowest BCUT2D eigenvalue weighted by atomic mass is 10.1. The van der Waals surface area contributed by atoms with Crippen LogP contribution in [0.15, 0.2) is 67.1 Å². The summed E-state index contributed by atoms with van der Waals surface area (Å²) < 4.78 is 8.38. The Bertz CT molecular complexity index is 1170. The minimum Gasteiger partial charge on any atom is -0.465 e. The van der Waals surface area contributed by atoms with Gasteiger partial charge < -0.3 is 9.30 Å². The van der Waals surface area contributed by atoms with Crippen LogP contribution < -0.4 is 0 Å². The molecule has 0 saturated heterocycles. The number of hydrogen-bond donors (Lipinski definition) is 0. The van der Waals surface area contributed by atoms with Crippen LogP contribution in [-0.2, 0) is 11.3 Å². The number of para-hydroxylation sites is 1. The molecule has 6 heteroatoms. The van der Waals surface area contributed by atoms with E-state index in [4.69, 9.17) is 4.74 Å². The number of aryl methyl sites for hydroxylation is 1. The molecule has 0 saturated carbocycles. The lowest BCUT2D eigenvalue weighted by Crippen LogP contribution is -2.11. The highest BCUT2D eigenvalue weighted by Gasteiger charge is 2.19. The minimum atomic E-state index is -0.464. The quantitative estimate of drug-likeness (QED) is 0.512. The number of imidazole rings is 1. The molecule has 0 radical (unpaired) electrons. The van der Waals surface area contributed by atoms with E-state index < -0.39 is 5.97 Å². The van der Waals surface area contributed by atoms with Crippen molar-refractivity contribution in [3.63, 3.8) is 0 Å². The van der Waals surface area contributed by atoms with Crippen LogP contribution in [0.2, 0.25) is 0 Å². The van der Waals surface area contributed by atoms with Gasteiger partial charge in [-0.1, -0.05) is 30.3 Å². The number of aromatic nitrogens is 3. The van der Waals surface area contributed by atoms with Crippen LogP contribution in [0.25, 0.3) is 10.9 Å². The molecule has 0 bridgehead atoms. The van der Waals surface area contributed by atoms with Crippen molar-refractivity contribution in [3.05, 3.63) is 89.6 Å². The van der Waals surface area contributed by atoms with Gasteiger partial charge in [0, 0.05) is 36.1 Å². The molecule has 6 nitrogen and oxygen atoms in total. The molecule has 0 N–H and O–H groups in total. The number of carbonyl (C=O) groups excluding carboxylic acids is 2. The molecular formula is C22H19N3O3. The van der Waals surface area contributed by atoms with E-state index in [1.54, 1.807) is 24.5 Å². The van der Waals surface area contributed by atoms with E-state index in [2.05, 4.69) is 4.98 Å². The number of ether oxygens (including phenoxy) is 1. The average Bonchev–Trinajstić information content (AvgIpc) is 3.31. The van der Waals surface area contributed by atoms with Gasteiger partial charge in [-0.3, -0.25) is 9.36 Å². The molecule has 0 aliphatic heterocycles. The summed E-state index contributed by atoms with van der Waals surface area (Å²) in [6.07, 6.45) is 5.24. The van der Waals surface area contributed by atoms with Crippen molar-refractivity contribution >= 4 is 22.8 Å². The Morgan fingerprint density at radius 2 is 1.82 bits per heavy atom. The summed E-state index contributed by atoms with van der Waals surface area (Å²) in [6, 6.07) is 14.8. The van der Waals surface area contributed by atoms with Crippen molar-refractivity contribution in [1.29, 1.82) is 0 Å². The number of carbonyl (C=O) groups is 2. The zero-order valence-corrected chi connectivity index (χ0v) is 15.6. The molecule has 2 aromatic carbocycles. The second-order valence-corrected chi connectivity index (χ2v) is 6.53. The van der Waals surface area contributed by atoms with Gasteiger partial charge in [0.2, 0.25) is 0 Å². The van der Waals surface area contributed by atoms with Crippen molar-refractivity contribution in [2.75, 3.05) is 7.11 Å². The van der Waals surface area contributed by atoms with E-state index in [-0.39, 0.29) is 5.91 Å². The van der Waals surface area contributed by atoms with Gasteiger partial charge in [0.1, 0.15) is 5.82 Å². The summed E-state index contributed by atoms with van der Waals surface area (Å²) in [4.78, 5) is 29.4. The predicted octanol–water partition coefficient (Wildman–Crippen LogP) is 3.67. The monoisotopic (exact) mass is 373 g/mol. The zero-order chi connectivity index (χ0) is 19.7. The maximum atomic E-state index is 13.1. The molecule has 0 amide bonds. The summed E-state index contributed by atoms with van der Waals surface area (Å²) in [7, 11) is 1.33. The zero-order valence-electron chi connectivity index (χ0n) is 15.6. The van der Waals surface area contributed by atoms with Crippen molar-refractivity contribution in [3.8, 4) is 0 Å². The van der Waals surface area contributed by atoms with E-state index in [1.807, 2.05) is 54.1 Å². The molecule has 0 atom stereocenters. The first-order valence-corrected chi connectivity index (χ1v) is 8.88. The molecule has 4 aromatic rings. The van der Waals surface area contributed by atoms with Gasteiger partial charge in [0.15, 0.2) is 0 Å². The van der Waals surface area contributed by atoms with Crippen molar-refractivity contribution in [2.24, 2.45) is 0 Å². The summed E-state index contributed by atoms with van der Waals surface area (Å²) in [5.41, 5.74) is 2.67. The number of benzene rings is 2. The third kappa shape index (κ3) is 3.09. The number of esters is 1. The number of hydrogen-bond acceptors (Lipinski definition) is 4. The predicted molar refractivity (Wildman–Crippen MR) is 106 cm³/mol. The highest BCUT2D eigenvalue weighted by Crippen LogP contribution is 2.23. The molecule has 2 heterocycles. The molecule has 0 aliphatic rings. The maximum Gasteiger partial charge on any atom is 0.340 e. The number of fused-ring (bicyclic) bond motifs is 1. The maximum absolute atomic E-state index is 13.1. The minimum absolute atomic E-state index is 0.197. The van der Waals surface area contributed by atoms with Gasteiger partial charge >= 0.3 is 5.97 Å². The highest BCUT2D eigenvalue weighted by molar-refractivity contribution is 6.09. The Kier molecular flexibility index (Phi) is 4.53. The largest absolute Gasteiger partial charge is 0.465 e. The van der Waals surface area contributed by atoms with Crippen LogP contribution in [0.1, 0.15) is 32.1 Å². The van der Waals surface area contributed by atoms with E-state index >= 15 is 0 Å². The van der Waals surface area contributed by atoms with Crippen LogP contribution in [0.5, 0.6) is 0 Å². The molecule has 0 spiro atoms. The second-order valence-electron chi connectivity index (χ2n) is 6.53. The first-order valence-electron chi connectivity index (χ1n) is 8.88. The fraction of sp³-hybridized carbons (Fsp3) is 0.136. The van der Waals surface area contributed by atoms with Gasteiger partial charge in [-0.2, -0.15) is 0 Å². The molecule has 0 fully saturated rings. The van der Waals surface area contributed by atoms with E-state index in [9.17, 15) is 9.59 Å². The first kappa shape index (κ1) is 17.7.